The van der Waals surface area contributed by atoms with Gasteiger partial charge in [-0.3, -0.25) is 14.2 Å². The van der Waals surface area contributed by atoms with Crippen LogP contribution in [-0.2, 0) is 11.3 Å². The molecule has 1 aromatic carbocycles. The van der Waals surface area contributed by atoms with Crippen LogP contribution in [-0.4, -0.2) is 32.2 Å². The summed E-state index contributed by atoms with van der Waals surface area (Å²) in [7, 11) is 0. The number of amides is 1. The van der Waals surface area contributed by atoms with Gasteiger partial charge in [-0.05, 0) is 19.9 Å². The van der Waals surface area contributed by atoms with Gasteiger partial charge in [0.2, 0.25) is 5.91 Å². The smallest absolute Gasteiger partial charge is 0.278 e. The first kappa shape index (κ1) is 17.3. The number of rotatable bonds is 6. The normalized spacial score (nSPS) is 11.3. The van der Waals surface area contributed by atoms with E-state index in [1.165, 1.54) is 16.3 Å². The number of para-hydroxylation sites is 1. The minimum Gasteiger partial charge on any atom is -0.353 e. The number of fused-ring (bicyclic) bond motifs is 3. The van der Waals surface area contributed by atoms with E-state index in [4.69, 9.17) is 0 Å². The van der Waals surface area contributed by atoms with Crippen molar-refractivity contribution in [1.29, 1.82) is 0 Å². The van der Waals surface area contributed by atoms with Crippen LogP contribution in [0.4, 0.5) is 0 Å². The number of aromatic amines is 1. The molecule has 0 saturated heterocycles. The predicted molar refractivity (Wildman–Crippen MR) is 102 cm³/mol. The Hall–Kier alpha value is -2.54. The summed E-state index contributed by atoms with van der Waals surface area (Å²) >= 11 is 1.26. The lowest BCUT2D eigenvalue weighted by atomic mass is 10.2. The van der Waals surface area contributed by atoms with E-state index in [0.717, 1.165) is 10.9 Å². The fourth-order valence-electron chi connectivity index (χ4n) is 2.67. The Bertz CT molecular complexity index is 1000. The van der Waals surface area contributed by atoms with Crippen molar-refractivity contribution in [2.24, 2.45) is 0 Å². The molecule has 2 heterocycles. The molecular weight excluding hydrogens is 336 g/mol. The Morgan fingerprint density at radius 1 is 1.44 bits per heavy atom. The van der Waals surface area contributed by atoms with Crippen molar-refractivity contribution in [2.45, 2.75) is 31.6 Å². The van der Waals surface area contributed by atoms with Crippen LogP contribution in [0.25, 0.3) is 21.9 Å². The molecule has 6 nitrogen and oxygen atoms in total. The molecule has 0 unspecified atom stereocenters. The first-order valence-corrected chi connectivity index (χ1v) is 9.04. The van der Waals surface area contributed by atoms with Gasteiger partial charge >= 0.3 is 0 Å². The van der Waals surface area contributed by atoms with Crippen molar-refractivity contribution in [2.75, 3.05) is 5.75 Å². The zero-order chi connectivity index (χ0) is 18.0. The van der Waals surface area contributed by atoms with E-state index in [1.807, 2.05) is 38.1 Å². The zero-order valence-corrected chi connectivity index (χ0v) is 15.0. The van der Waals surface area contributed by atoms with Crippen LogP contribution in [0.1, 0.15) is 13.8 Å². The number of carbonyl (C=O) groups excluding carboxylic acids is 1. The molecule has 0 bridgehead atoms. The van der Waals surface area contributed by atoms with E-state index in [9.17, 15) is 9.59 Å². The van der Waals surface area contributed by atoms with Gasteiger partial charge in [0.15, 0.2) is 5.16 Å². The largest absolute Gasteiger partial charge is 0.353 e. The average Bonchev–Trinajstić information content (AvgIpc) is 2.94. The Labute approximate surface area is 149 Å². The van der Waals surface area contributed by atoms with Crippen molar-refractivity contribution in [3.63, 3.8) is 0 Å². The fourth-order valence-corrected chi connectivity index (χ4v) is 3.48. The van der Waals surface area contributed by atoms with Crippen molar-refractivity contribution >= 4 is 39.6 Å². The van der Waals surface area contributed by atoms with Gasteiger partial charge in [-0.15, -0.1) is 6.58 Å². The number of allylic oxidation sites excluding steroid dienone is 1. The highest BCUT2D eigenvalue weighted by Gasteiger charge is 2.16. The number of thioether (sulfide) groups is 1. The van der Waals surface area contributed by atoms with Gasteiger partial charge in [-0.2, -0.15) is 0 Å². The second-order valence-electron chi connectivity index (χ2n) is 6.00. The maximum absolute atomic E-state index is 12.9. The molecule has 0 aliphatic carbocycles. The van der Waals surface area contributed by atoms with Gasteiger partial charge in [-0.1, -0.05) is 36.0 Å². The summed E-state index contributed by atoms with van der Waals surface area (Å²) in [6.07, 6.45) is 1.65. The van der Waals surface area contributed by atoms with E-state index < -0.39 is 0 Å². The molecule has 0 aliphatic heterocycles. The first-order valence-electron chi connectivity index (χ1n) is 8.05. The van der Waals surface area contributed by atoms with E-state index in [1.54, 1.807) is 6.08 Å². The molecule has 2 N–H and O–H groups in total. The number of H-pyrrole nitrogens is 1. The molecule has 0 fully saturated rings. The highest BCUT2D eigenvalue weighted by atomic mass is 32.2. The molecule has 3 aromatic rings. The highest BCUT2D eigenvalue weighted by Crippen LogP contribution is 2.24. The maximum atomic E-state index is 12.9. The SMILES string of the molecule is C=CCn1c(SCC(=O)NC(C)C)nc2c([nH]c3ccccc32)c1=O. The second kappa shape index (κ2) is 7.14. The van der Waals surface area contributed by atoms with Crippen molar-refractivity contribution in [3.05, 3.63) is 47.3 Å². The number of carbonyl (C=O) groups is 1. The first-order chi connectivity index (χ1) is 12.0. The third kappa shape index (κ3) is 3.46. The molecule has 0 spiro atoms. The van der Waals surface area contributed by atoms with Gasteiger partial charge in [-0.25, -0.2) is 4.98 Å². The van der Waals surface area contributed by atoms with Crippen LogP contribution in [0.15, 0.2) is 46.9 Å². The summed E-state index contributed by atoms with van der Waals surface area (Å²) in [6.45, 7) is 7.87. The average molecular weight is 356 g/mol. The number of hydrogen-bond acceptors (Lipinski definition) is 4. The number of nitrogens with one attached hydrogen (secondary N) is 2. The number of nitrogens with zero attached hydrogens (tertiary/aromatic N) is 2. The molecule has 0 atom stereocenters. The predicted octanol–water partition coefficient (Wildman–Crippen LogP) is 2.68. The van der Waals surface area contributed by atoms with Crippen LogP contribution in [0.3, 0.4) is 0 Å². The minimum atomic E-state index is -0.159. The summed E-state index contributed by atoms with van der Waals surface area (Å²) in [5.41, 5.74) is 1.81. The van der Waals surface area contributed by atoms with Crippen LogP contribution in [0.5, 0.6) is 0 Å². The summed E-state index contributed by atoms with van der Waals surface area (Å²) < 4.78 is 1.54. The molecule has 130 valence electrons. The van der Waals surface area contributed by atoms with Gasteiger partial charge in [0, 0.05) is 23.5 Å². The lowest BCUT2D eigenvalue weighted by Crippen LogP contribution is -2.32. The number of hydrogen-bond donors (Lipinski definition) is 2. The highest BCUT2D eigenvalue weighted by molar-refractivity contribution is 7.99. The van der Waals surface area contributed by atoms with Crippen LogP contribution in [0.2, 0.25) is 0 Å². The quantitative estimate of drug-likeness (QED) is 0.404. The van der Waals surface area contributed by atoms with E-state index in [2.05, 4.69) is 21.9 Å². The summed E-state index contributed by atoms with van der Waals surface area (Å²) in [6, 6.07) is 7.74. The number of benzene rings is 1. The Balaban J connectivity index is 2.07. The zero-order valence-electron chi connectivity index (χ0n) is 14.2. The third-order valence-electron chi connectivity index (χ3n) is 3.67. The molecular formula is C18H20N4O2S. The second-order valence-corrected chi connectivity index (χ2v) is 6.95. The maximum Gasteiger partial charge on any atom is 0.278 e. The van der Waals surface area contributed by atoms with Crippen molar-refractivity contribution < 1.29 is 4.79 Å². The molecule has 25 heavy (non-hydrogen) atoms. The Morgan fingerprint density at radius 2 is 2.20 bits per heavy atom. The van der Waals surface area contributed by atoms with Crippen LogP contribution >= 0.6 is 11.8 Å². The lowest BCUT2D eigenvalue weighted by molar-refractivity contribution is -0.119. The standard InChI is InChI=1S/C18H20N4O2S/c1-4-9-22-17(24)16-15(12-7-5-6-8-13(12)20-16)21-18(22)25-10-14(23)19-11(2)3/h4-8,11,20H,1,9-10H2,2-3H3,(H,19,23). The van der Waals surface area contributed by atoms with Crippen molar-refractivity contribution in [3.8, 4) is 0 Å². The van der Waals surface area contributed by atoms with Gasteiger partial charge in [0.1, 0.15) is 11.0 Å². The molecule has 3 rings (SSSR count). The van der Waals surface area contributed by atoms with Crippen LogP contribution in [0, 0.1) is 0 Å². The molecule has 0 radical (unpaired) electrons. The van der Waals surface area contributed by atoms with E-state index >= 15 is 0 Å². The van der Waals surface area contributed by atoms with Gasteiger partial charge < -0.3 is 10.3 Å². The Kier molecular flexibility index (Phi) is 4.94. The molecule has 2 aromatic heterocycles. The molecule has 7 heteroatoms. The Morgan fingerprint density at radius 3 is 2.92 bits per heavy atom. The fraction of sp³-hybridized carbons (Fsp3) is 0.278. The minimum absolute atomic E-state index is 0.0764. The monoisotopic (exact) mass is 356 g/mol. The topological polar surface area (TPSA) is 79.8 Å². The third-order valence-corrected chi connectivity index (χ3v) is 4.65. The molecule has 0 saturated carbocycles. The van der Waals surface area contributed by atoms with Crippen LogP contribution < -0.4 is 10.9 Å². The summed E-state index contributed by atoms with van der Waals surface area (Å²) in [5.74, 6) is 0.119. The summed E-state index contributed by atoms with van der Waals surface area (Å²) in [4.78, 5) is 32.6. The number of aromatic nitrogens is 3. The van der Waals surface area contributed by atoms with E-state index in [-0.39, 0.29) is 23.3 Å². The summed E-state index contributed by atoms with van der Waals surface area (Å²) in [5, 5.41) is 4.25. The van der Waals surface area contributed by atoms with E-state index in [0.29, 0.717) is 22.7 Å². The molecule has 0 aliphatic rings. The van der Waals surface area contributed by atoms with Gasteiger partial charge in [0.05, 0.1) is 5.75 Å². The molecule has 1 amide bonds. The van der Waals surface area contributed by atoms with Gasteiger partial charge in [0.25, 0.3) is 5.56 Å². The van der Waals surface area contributed by atoms with Crippen molar-refractivity contribution in [1.82, 2.24) is 19.9 Å². The lowest BCUT2D eigenvalue weighted by Gasteiger charge is -2.11.